The number of hydrogen-bond acceptors (Lipinski definition) is 2. The van der Waals surface area contributed by atoms with Crippen molar-refractivity contribution in [2.45, 2.75) is 90.9 Å². The topological polar surface area (TPSA) is 41.6 Å². The molecule has 0 aromatic carbocycles. The van der Waals surface area contributed by atoms with Gasteiger partial charge in [-0.05, 0) is 5.92 Å². The molecule has 116 valence electrons. The summed E-state index contributed by atoms with van der Waals surface area (Å²) in [5, 5.41) is 7.06. The van der Waals surface area contributed by atoms with Crippen LogP contribution in [-0.2, 0) is 6.42 Å². The second-order valence-electron chi connectivity index (χ2n) is 6.04. The zero-order valence-corrected chi connectivity index (χ0v) is 13.5. The molecule has 1 aromatic heterocycles. The molecule has 1 unspecified atom stereocenters. The van der Waals surface area contributed by atoms with Crippen LogP contribution in [0.4, 0.5) is 0 Å². The van der Waals surface area contributed by atoms with Crippen LogP contribution in [0, 0.1) is 5.92 Å². The van der Waals surface area contributed by atoms with Crippen LogP contribution in [0.2, 0.25) is 0 Å². The summed E-state index contributed by atoms with van der Waals surface area (Å²) in [6, 6.07) is 0. The molecule has 0 aliphatic rings. The van der Waals surface area contributed by atoms with Gasteiger partial charge in [0.1, 0.15) is 6.33 Å². The number of nitrogens with one attached hydrogen (secondary N) is 1. The van der Waals surface area contributed by atoms with E-state index < -0.39 is 0 Å². The van der Waals surface area contributed by atoms with Crippen molar-refractivity contribution in [2.75, 3.05) is 0 Å². The van der Waals surface area contributed by atoms with E-state index in [1.54, 1.807) is 6.33 Å². The van der Waals surface area contributed by atoms with E-state index in [-0.39, 0.29) is 0 Å². The number of rotatable bonds is 13. The maximum atomic E-state index is 4.29. The van der Waals surface area contributed by atoms with Crippen LogP contribution < -0.4 is 0 Å². The number of hydrogen-bond donors (Lipinski definition) is 1. The number of nitrogens with zero attached hydrogens (tertiary/aromatic N) is 2. The lowest BCUT2D eigenvalue weighted by Crippen LogP contribution is -2.06. The van der Waals surface area contributed by atoms with Crippen molar-refractivity contribution in [1.29, 1.82) is 0 Å². The molecule has 3 nitrogen and oxygen atoms in total. The van der Waals surface area contributed by atoms with E-state index in [4.69, 9.17) is 0 Å². The molecule has 0 spiro atoms. The molecule has 0 saturated carbocycles. The highest BCUT2D eigenvalue weighted by Crippen LogP contribution is 2.21. The lowest BCUT2D eigenvalue weighted by atomic mass is 9.91. The Labute approximate surface area is 125 Å². The maximum Gasteiger partial charge on any atom is 0.150 e. The SMILES string of the molecule is CCCCCCCC(CCCCCC)Cc1nc[nH]n1. The maximum absolute atomic E-state index is 4.29. The predicted octanol–water partition coefficient (Wildman–Crippen LogP) is 5.29. The van der Waals surface area contributed by atoms with Gasteiger partial charge in [-0.15, -0.1) is 0 Å². The average molecular weight is 279 g/mol. The summed E-state index contributed by atoms with van der Waals surface area (Å²) < 4.78 is 0. The number of aromatic nitrogens is 3. The van der Waals surface area contributed by atoms with Gasteiger partial charge in [0.15, 0.2) is 5.82 Å². The summed E-state index contributed by atoms with van der Waals surface area (Å²) in [4.78, 5) is 4.29. The third-order valence-electron chi connectivity index (χ3n) is 4.12. The van der Waals surface area contributed by atoms with E-state index in [2.05, 4.69) is 29.0 Å². The summed E-state index contributed by atoms with van der Waals surface area (Å²) >= 11 is 0. The fourth-order valence-corrected chi connectivity index (χ4v) is 2.84. The van der Waals surface area contributed by atoms with Crippen LogP contribution in [0.1, 0.15) is 90.3 Å². The molecule has 1 N–H and O–H groups in total. The Hall–Kier alpha value is -0.860. The molecule has 0 amide bonds. The second kappa shape index (κ2) is 11.9. The quantitative estimate of drug-likeness (QED) is 0.498. The van der Waals surface area contributed by atoms with Gasteiger partial charge in [0, 0.05) is 6.42 Å². The molecule has 0 radical (unpaired) electrons. The normalized spacial score (nSPS) is 12.7. The molecule has 0 fully saturated rings. The molecule has 1 heterocycles. The first kappa shape index (κ1) is 17.2. The Balaban J connectivity index is 2.22. The molecule has 1 atom stereocenters. The van der Waals surface area contributed by atoms with Gasteiger partial charge in [-0.1, -0.05) is 84.5 Å². The van der Waals surface area contributed by atoms with Gasteiger partial charge in [0.2, 0.25) is 0 Å². The van der Waals surface area contributed by atoms with Crippen molar-refractivity contribution in [3.8, 4) is 0 Å². The molecule has 0 saturated heterocycles. The molecule has 3 heteroatoms. The van der Waals surface area contributed by atoms with Crippen molar-refractivity contribution in [1.82, 2.24) is 15.2 Å². The van der Waals surface area contributed by atoms with Gasteiger partial charge >= 0.3 is 0 Å². The van der Waals surface area contributed by atoms with Crippen LogP contribution in [0.3, 0.4) is 0 Å². The average Bonchev–Trinajstić information content (AvgIpc) is 2.96. The van der Waals surface area contributed by atoms with Gasteiger partial charge < -0.3 is 0 Å². The van der Waals surface area contributed by atoms with Crippen LogP contribution in [-0.4, -0.2) is 15.2 Å². The van der Waals surface area contributed by atoms with Gasteiger partial charge in [0.25, 0.3) is 0 Å². The fourth-order valence-electron chi connectivity index (χ4n) is 2.84. The van der Waals surface area contributed by atoms with Gasteiger partial charge in [0.05, 0.1) is 0 Å². The minimum absolute atomic E-state index is 0.782. The van der Waals surface area contributed by atoms with Gasteiger partial charge in [-0.3, -0.25) is 5.10 Å². The zero-order valence-electron chi connectivity index (χ0n) is 13.5. The lowest BCUT2D eigenvalue weighted by Gasteiger charge is -2.15. The summed E-state index contributed by atoms with van der Waals surface area (Å²) in [6.45, 7) is 4.55. The monoisotopic (exact) mass is 279 g/mol. The minimum Gasteiger partial charge on any atom is -0.266 e. The Morgan fingerprint density at radius 3 is 2.05 bits per heavy atom. The van der Waals surface area contributed by atoms with E-state index in [9.17, 15) is 0 Å². The second-order valence-corrected chi connectivity index (χ2v) is 6.04. The molecular formula is C17H33N3. The molecule has 0 bridgehead atoms. The highest BCUT2D eigenvalue weighted by Gasteiger charge is 2.11. The molecule has 20 heavy (non-hydrogen) atoms. The Morgan fingerprint density at radius 1 is 0.900 bits per heavy atom. The molecule has 1 rings (SSSR count). The molecular weight excluding hydrogens is 246 g/mol. The molecule has 0 aliphatic carbocycles. The first-order valence-corrected chi connectivity index (χ1v) is 8.71. The van der Waals surface area contributed by atoms with Crippen LogP contribution in [0.5, 0.6) is 0 Å². The van der Waals surface area contributed by atoms with Crippen LogP contribution >= 0.6 is 0 Å². The first-order chi connectivity index (χ1) is 9.86. The Kier molecular flexibility index (Phi) is 10.3. The molecule has 0 aliphatic heterocycles. The summed E-state index contributed by atoms with van der Waals surface area (Å²) in [7, 11) is 0. The summed E-state index contributed by atoms with van der Waals surface area (Å²) in [6.07, 6.45) is 17.8. The minimum atomic E-state index is 0.782. The van der Waals surface area contributed by atoms with E-state index in [0.29, 0.717) is 0 Å². The third-order valence-corrected chi connectivity index (χ3v) is 4.12. The van der Waals surface area contributed by atoms with E-state index in [1.165, 1.54) is 70.6 Å². The van der Waals surface area contributed by atoms with Gasteiger partial charge in [-0.2, -0.15) is 5.10 Å². The first-order valence-electron chi connectivity index (χ1n) is 8.71. The standard InChI is InChI=1S/C17H33N3/c1-3-5-7-9-11-13-16(12-10-8-6-4-2)14-17-18-15-19-20-17/h15-16H,3-14H2,1-2H3,(H,18,19,20). The van der Waals surface area contributed by atoms with E-state index >= 15 is 0 Å². The Morgan fingerprint density at radius 2 is 1.50 bits per heavy atom. The Bertz CT molecular complexity index is 295. The lowest BCUT2D eigenvalue weighted by molar-refractivity contribution is 0.397. The molecule has 1 aromatic rings. The highest BCUT2D eigenvalue weighted by atomic mass is 15.2. The van der Waals surface area contributed by atoms with Crippen molar-refractivity contribution >= 4 is 0 Å². The summed E-state index contributed by atoms with van der Waals surface area (Å²) in [5.41, 5.74) is 0. The number of unbranched alkanes of at least 4 members (excludes halogenated alkanes) is 7. The van der Waals surface area contributed by atoms with Crippen LogP contribution in [0.25, 0.3) is 0 Å². The predicted molar refractivity (Wildman–Crippen MR) is 85.7 cm³/mol. The summed E-state index contributed by atoms with van der Waals surface area (Å²) in [5.74, 6) is 1.78. The van der Waals surface area contributed by atoms with Crippen LogP contribution in [0.15, 0.2) is 6.33 Å². The van der Waals surface area contributed by atoms with E-state index in [0.717, 1.165) is 18.2 Å². The number of H-pyrrole nitrogens is 1. The van der Waals surface area contributed by atoms with Crippen molar-refractivity contribution in [2.24, 2.45) is 5.92 Å². The fraction of sp³-hybridized carbons (Fsp3) is 0.882. The zero-order chi connectivity index (χ0) is 14.5. The number of aromatic amines is 1. The van der Waals surface area contributed by atoms with Gasteiger partial charge in [-0.25, -0.2) is 4.98 Å². The van der Waals surface area contributed by atoms with E-state index in [1.807, 2.05) is 0 Å². The van der Waals surface area contributed by atoms with Crippen molar-refractivity contribution in [3.63, 3.8) is 0 Å². The smallest absolute Gasteiger partial charge is 0.150 e. The largest absolute Gasteiger partial charge is 0.266 e. The van der Waals surface area contributed by atoms with Crippen molar-refractivity contribution < 1.29 is 0 Å². The van der Waals surface area contributed by atoms with Crippen molar-refractivity contribution in [3.05, 3.63) is 12.2 Å². The third kappa shape index (κ3) is 8.34. The highest BCUT2D eigenvalue weighted by molar-refractivity contribution is 4.83.